The Kier molecular flexibility index (Phi) is 4.15. The van der Waals surface area contributed by atoms with Crippen LogP contribution in [0.25, 0.3) is 0 Å². The molecule has 2 rings (SSSR count). The Bertz CT molecular complexity index is 478. The largest absolute Gasteiger partial charge is 0.395 e. The van der Waals surface area contributed by atoms with E-state index < -0.39 is 10.2 Å². The van der Waals surface area contributed by atoms with Gasteiger partial charge in [-0.3, -0.25) is 4.72 Å². The monoisotopic (exact) mass is 271 g/mol. The van der Waals surface area contributed by atoms with Crippen molar-refractivity contribution >= 4 is 16.0 Å². The lowest BCUT2D eigenvalue weighted by Gasteiger charge is -2.33. The molecule has 1 aromatic heterocycles. The molecule has 0 aromatic carbocycles. The van der Waals surface area contributed by atoms with Gasteiger partial charge >= 0.3 is 10.2 Å². The quantitative estimate of drug-likeness (QED) is 0.839. The first-order chi connectivity index (χ1) is 8.63. The van der Waals surface area contributed by atoms with Crippen molar-refractivity contribution in [2.75, 3.05) is 17.9 Å². The molecule has 0 spiro atoms. The van der Waals surface area contributed by atoms with E-state index in [1.807, 2.05) is 0 Å². The smallest absolute Gasteiger partial charge is 0.303 e. The molecular formula is C11H17N3O3S. The predicted octanol–water partition coefficient (Wildman–Crippen LogP) is 0.585. The first-order valence-electron chi connectivity index (χ1n) is 5.95. The van der Waals surface area contributed by atoms with Crippen molar-refractivity contribution in [2.24, 2.45) is 0 Å². The number of hydrogen-bond acceptors (Lipinski definition) is 4. The highest BCUT2D eigenvalue weighted by atomic mass is 32.2. The summed E-state index contributed by atoms with van der Waals surface area (Å²) in [6.45, 7) is 0.288. The number of pyridine rings is 1. The van der Waals surface area contributed by atoms with Crippen molar-refractivity contribution < 1.29 is 13.5 Å². The van der Waals surface area contributed by atoms with Gasteiger partial charge in [0.15, 0.2) is 0 Å². The van der Waals surface area contributed by atoms with Gasteiger partial charge in [0, 0.05) is 18.8 Å². The number of rotatable bonds is 4. The van der Waals surface area contributed by atoms with Crippen LogP contribution in [0.1, 0.15) is 19.3 Å². The van der Waals surface area contributed by atoms with Crippen LogP contribution in [-0.2, 0) is 10.2 Å². The molecule has 2 heterocycles. The lowest BCUT2D eigenvalue weighted by Crippen LogP contribution is -2.48. The van der Waals surface area contributed by atoms with Crippen molar-refractivity contribution in [2.45, 2.75) is 25.3 Å². The van der Waals surface area contributed by atoms with E-state index in [4.69, 9.17) is 0 Å². The van der Waals surface area contributed by atoms with Gasteiger partial charge in [0.05, 0.1) is 6.61 Å². The number of aromatic nitrogens is 1. The van der Waals surface area contributed by atoms with Crippen molar-refractivity contribution in [3.05, 3.63) is 24.4 Å². The zero-order valence-corrected chi connectivity index (χ0v) is 10.8. The van der Waals surface area contributed by atoms with Crippen LogP contribution in [0.3, 0.4) is 0 Å². The van der Waals surface area contributed by atoms with Crippen LogP contribution in [0.15, 0.2) is 24.4 Å². The van der Waals surface area contributed by atoms with Gasteiger partial charge in [0.25, 0.3) is 0 Å². The summed E-state index contributed by atoms with van der Waals surface area (Å²) in [6.07, 6.45) is 3.98. The molecule has 100 valence electrons. The highest BCUT2D eigenvalue weighted by Crippen LogP contribution is 2.21. The fraction of sp³-hybridized carbons (Fsp3) is 0.545. The van der Waals surface area contributed by atoms with Crippen molar-refractivity contribution in [3.8, 4) is 0 Å². The summed E-state index contributed by atoms with van der Waals surface area (Å²) >= 11 is 0. The van der Waals surface area contributed by atoms with E-state index in [1.54, 1.807) is 18.2 Å². The summed E-state index contributed by atoms with van der Waals surface area (Å²) in [7, 11) is -3.64. The summed E-state index contributed by atoms with van der Waals surface area (Å²) < 4.78 is 28.1. The van der Waals surface area contributed by atoms with Gasteiger partial charge in [0.1, 0.15) is 5.82 Å². The Morgan fingerprint density at radius 2 is 2.28 bits per heavy atom. The molecule has 0 radical (unpaired) electrons. The minimum Gasteiger partial charge on any atom is -0.395 e. The van der Waals surface area contributed by atoms with Crippen LogP contribution in [0.4, 0.5) is 5.82 Å². The van der Waals surface area contributed by atoms with Gasteiger partial charge in [-0.15, -0.1) is 0 Å². The number of anilines is 1. The van der Waals surface area contributed by atoms with Gasteiger partial charge in [-0.1, -0.05) is 12.5 Å². The van der Waals surface area contributed by atoms with Crippen LogP contribution >= 0.6 is 0 Å². The molecule has 1 saturated heterocycles. The van der Waals surface area contributed by atoms with Crippen LogP contribution in [0.2, 0.25) is 0 Å². The van der Waals surface area contributed by atoms with Gasteiger partial charge in [0.2, 0.25) is 0 Å². The second-order valence-electron chi connectivity index (χ2n) is 4.26. The molecule has 1 aliphatic heterocycles. The Balaban J connectivity index is 2.14. The van der Waals surface area contributed by atoms with E-state index >= 15 is 0 Å². The average molecular weight is 271 g/mol. The number of piperidine rings is 1. The van der Waals surface area contributed by atoms with Crippen molar-refractivity contribution in [1.29, 1.82) is 0 Å². The molecule has 1 aromatic rings. The fourth-order valence-electron chi connectivity index (χ4n) is 2.09. The molecule has 0 bridgehead atoms. The Morgan fingerprint density at radius 1 is 1.44 bits per heavy atom. The highest BCUT2D eigenvalue weighted by molar-refractivity contribution is 7.90. The zero-order valence-electron chi connectivity index (χ0n) is 9.99. The number of aliphatic hydroxyl groups excluding tert-OH is 1. The Labute approximate surface area is 107 Å². The van der Waals surface area contributed by atoms with Crippen LogP contribution in [-0.4, -0.2) is 42.0 Å². The van der Waals surface area contributed by atoms with Crippen molar-refractivity contribution in [3.63, 3.8) is 0 Å². The van der Waals surface area contributed by atoms with E-state index in [-0.39, 0.29) is 12.6 Å². The van der Waals surface area contributed by atoms with Gasteiger partial charge < -0.3 is 5.11 Å². The molecule has 0 amide bonds. The molecular weight excluding hydrogens is 254 g/mol. The molecule has 0 aliphatic carbocycles. The molecule has 18 heavy (non-hydrogen) atoms. The van der Waals surface area contributed by atoms with Crippen LogP contribution in [0.5, 0.6) is 0 Å². The molecule has 0 saturated carbocycles. The predicted molar refractivity (Wildman–Crippen MR) is 68.2 cm³/mol. The lowest BCUT2D eigenvalue weighted by atomic mass is 10.1. The van der Waals surface area contributed by atoms with E-state index in [9.17, 15) is 13.5 Å². The first kappa shape index (κ1) is 13.3. The summed E-state index contributed by atoms with van der Waals surface area (Å²) in [5, 5.41) is 9.24. The summed E-state index contributed by atoms with van der Waals surface area (Å²) in [5.74, 6) is 0.291. The number of nitrogens with zero attached hydrogens (tertiary/aromatic N) is 2. The van der Waals surface area contributed by atoms with E-state index in [0.717, 1.165) is 12.8 Å². The molecule has 1 unspecified atom stereocenters. The third-order valence-corrected chi connectivity index (χ3v) is 4.56. The van der Waals surface area contributed by atoms with Gasteiger partial charge in [-0.05, 0) is 25.0 Å². The minimum atomic E-state index is -3.64. The van der Waals surface area contributed by atoms with Crippen molar-refractivity contribution in [1.82, 2.24) is 9.29 Å². The fourth-order valence-corrected chi connectivity index (χ4v) is 3.52. The maximum atomic E-state index is 12.2. The van der Waals surface area contributed by atoms with Gasteiger partial charge in [-0.25, -0.2) is 4.98 Å². The third kappa shape index (κ3) is 2.98. The zero-order chi connectivity index (χ0) is 13.0. The molecule has 6 nitrogen and oxygen atoms in total. The number of aliphatic hydroxyl groups is 1. The molecule has 2 N–H and O–H groups in total. The Hall–Kier alpha value is -1.18. The maximum absolute atomic E-state index is 12.2. The van der Waals surface area contributed by atoms with E-state index in [1.165, 1.54) is 10.5 Å². The maximum Gasteiger partial charge on any atom is 0.303 e. The molecule has 1 fully saturated rings. The van der Waals surface area contributed by atoms with Gasteiger partial charge in [-0.2, -0.15) is 12.7 Å². The lowest BCUT2D eigenvalue weighted by molar-refractivity contribution is 0.156. The van der Waals surface area contributed by atoms with E-state index in [2.05, 4.69) is 9.71 Å². The molecule has 7 heteroatoms. The Morgan fingerprint density at radius 3 is 2.94 bits per heavy atom. The topological polar surface area (TPSA) is 82.5 Å². The molecule has 1 aliphatic rings. The first-order valence-corrected chi connectivity index (χ1v) is 7.39. The number of nitrogens with one attached hydrogen (secondary N) is 1. The summed E-state index contributed by atoms with van der Waals surface area (Å²) in [6, 6.07) is 4.69. The SMILES string of the molecule is O=S(=O)(Nc1ccccn1)N1CCCCC1CO. The van der Waals surface area contributed by atoms with Crippen LogP contribution in [0, 0.1) is 0 Å². The number of hydrogen-bond donors (Lipinski definition) is 2. The van der Waals surface area contributed by atoms with Crippen LogP contribution < -0.4 is 4.72 Å². The highest BCUT2D eigenvalue weighted by Gasteiger charge is 2.31. The summed E-state index contributed by atoms with van der Waals surface area (Å²) in [5.41, 5.74) is 0. The third-order valence-electron chi connectivity index (χ3n) is 2.99. The second-order valence-corrected chi connectivity index (χ2v) is 5.89. The average Bonchev–Trinajstić information content (AvgIpc) is 2.39. The van der Waals surface area contributed by atoms with E-state index in [0.29, 0.717) is 18.8 Å². The normalized spacial score (nSPS) is 21.7. The minimum absolute atomic E-state index is 0.150. The molecule has 1 atom stereocenters. The second kappa shape index (κ2) is 5.64. The standard InChI is InChI=1S/C11H17N3O3S/c15-9-10-5-2-4-8-14(10)18(16,17)13-11-6-1-3-7-12-11/h1,3,6-7,10,15H,2,4-5,8-9H2,(H,12,13). The summed E-state index contributed by atoms with van der Waals surface area (Å²) in [4.78, 5) is 3.93.